The summed E-state index contributed by atoms with van der Waals surface area (Å²) in [6.45, 7) is 4.05. The van der Waals surface area contributed by atoms with Gasteiger partial charge in [0.15, 0.2) is 5.58 Å². The van der Waals surface area contributed by atoms with Gasteiger partial charge >= 0.3 is 6.18 Å². The number of hydroxylamine groups is 1. The first kappa shape index (κ1) is 18.3. The standard InChI is InChI=1S/C19H16F3N3O3/c1-18(2)13-5-3-4-11(16(26)24-27)12(13)9-25(18)17-23-14-8-10(19(20,21)22)6-7-15(14)28-17/h3-8,27H,9H2,1-2H3,(H,24,26). The fourth-order valence-electron chi connectivity index (χ4n) is 3.62. The number of hydrogen-bond acceptors (Lipinski definition) is 5. The van der Waals surface area contributed by atoms with Crippen molar-refractivity contribution >= 4 is 23.0 Å². The van der Waals surface area contributed by atoms with Crippen LogP contribution in [0.1, 0.15) is 40.9 Å². The molecule has 146 valence electrons. The molecule has 1 aromatic heterocycles. The minimum Gasteiger partial charge on any atom is -0.423 e. The highest BCUT2D eigenvalue weighted by Crippen LogP contribution is 2.43. The molecule has 0 spiro atoms. The first-order valence-corrected chi connectivity index (χ1v) is 8.45. The van der Waals surface area contributed by atoms with Gasteiger partial charge < -0.3 is 9.32 Å². The molecule has 2 aromatic carbocycles. The summed E-state index contributed by atoms with van der Waals surface area (Å²) in [5, 5.41) is 8.98. The largest absolute Gasteiger partial charge is 0.423 e. The van der Waals surface area contributed by atoms with Crippen LogP contribution >= 0.6 is 0 Å². The van der Waals surface area contributed by atoms with E-state index in [1.165, 1.54) is 6.07 Å². The van der Waals surface area contributed by atoms with Crippen molar-refractivity contribution in [3.05, 3.63) is 58.7 Å². The van der Waals surface area contributed by atoms with Gasteiger partial charge in [0, 0.05) is 12.1 Å². The molecule has 0 atom stereocenters. The second-order valence-corrected chi connectivity index (χ2v) is 7.09. The van der Waals surface area contributed by atoms with E-state index >= 15 is 0 Å². The Bertz CT molecular complexity index is 1090. The number of carbonyl (C=O) groups excluding carboxylic acids is 1. The second-order valence-electron chi connectivity index (χ2n) is 7.09. The number of aromatic nitrogens is 1. The monoisotopic (exact) mass is 391 g/mol. The maximum Gasteiger partial charge on any atom is 0.416 e. The van der Waals surface area contributed by atoms with Gasteiger partial charge in [0.1, 0.15) is 5.52 Å². The van der Waals surface area contributed by atoms with Gasteiger partial charge in [-0.15, -0.1) is 0 Å². The van der Waals surface area contributed by atoms with Crippen LogP contribution in [0, 0.1) is 0 Å². The third kappa shape index (κ3) is 2.70. The van der Waals surface area contributed by atoms with E-state index in [1.807, 2.05) is 19.9 Å². The Labute approximate surface area is 157 Å². The van der Waals surface area contributed by atoms with Crippen molar-refractivity contribution in [1.29, 1.82) is 0 Å². The van der Waals surface area contributed by atoms with Crippen molar-refractivity contribution in [3.8, 4) is 0 Å². The van der Waals surface area contributed by atoms with Crippen molar-refractivity contribution in [3.63, 3.8) is 0 Å². The molecule has 0 saturated carbocycles. The third-order valence-electron chi connectivity index (χ3n) is 5.11. The molecule has 1 aliphatic heterocycles. The third-order valence-corrected chi connectivity index (χ3v) is 5.11. The number of anilines is 1. The number of benzene rings is 2. The molecule has 0 bridgehead atoms. The molecule has 0 aliphatic carbocycles. The summed E-state index contributed by atoms with van der Waals surface area (Å²) in [4.78, 5) is 18.0. The number of amides is 1. The molecule has 9 heteroatoms. The highest BCUT2D eigenvalue weighted by Gasteiger charge is 2.41. The predicted molar refractivity (Wildman–Crippen MR) is 93.9 cm³/mol. The first-order chi connectivity index (χ1) is 13.1. The zero-order valence-corrected chi connectivity index (χ0v) is 15.0. The number of halogens is 3. The molecular weight excluding hydrogens is 375 g/mol. The number of hydrogen-bond donors (Lipinski definition) is 2. The van der Waals surface area contributed by atoms with Crippen molar-refractivity contribution < 1.29 is 27.6 Å². The lowest BCUT2D eigenvalue weighted by Crippen LogP contribution is -2.35. The predicted octanol–water partition coefficient (Wildman–Crippen LogP) is 4.22. The molecule has 0 fully saturated rings. The summed E-state index contributed by atoms with van der Waals surface area (Å²) >= 11 is 0. The average Bonchev–Trinajstić information content (AvgIpc) is 3.17. The van der Waals surface area contributed by atoms with Crippen LogP contribution in [-0.2, 0) is 18.3 Å². The van der Waals surface area contributed by atoms with E-state index in [9.17, 15) is 18.0 Å². The Morgan fingerprint density at radius 3 is 2.71 bits per heavy atom. The molecule has 2 heterocycles. The van der Waals surface area contributed by atoms with E-state index in [1.54, 1.807) is 22.5 Å². The summed E-state index contributed by atoms with van der Waals surface area (Å²) in [6.07, 6.45) is -4.47. The smallest absolute Gasteiger partial charge is 0.416 e. The summed E-state index contributed by atoms with van der Waals surface area (Å²) in [5.74, 6) is -0.637. The van der Waals surface area contributed by atoms with E-state index in [0.717, 1.165) is 17.7 Å². The molecule has 28 heavy (non-hydrogen) atoms. The van der Waals surface area contributed by atoms with Gasteiger partial charge in [-0.1, -0.05) is 12.1 Å². The van der Waals surface area contributed by atoms with Gasteiger partial charge in [-0.05, 0) is 49.2 Å². The second kappa shape index (κ2) is 5.96. The Kier molecular flexibility index (Phi) is 3.90. The normalized spacial score (nSPS) is 15.7. The van der Waals surface area contributed by atoms with Crippen molar-refractivity contribution in [2.24, 2.45) is 0 Å². The fraction of sp³-hybridized carbons (Fsp3) is 0.263. The van der Waals surface area contributed by atoms with Crippen LogP contribution in [0.4, 0.5) is 19.2 Å². The van der Waals surface area contributed by atoms with Gasteiger partial charge in [0.2, 0.25) is 0 Å². The number of fused-ring (bicyclic) bond motifs is 2. The van der Waals surface area contributed by atoms with Crippen LogP contribution in [0.5, 0.6) is 0 Å². The average molecular weight is 391 g/mol. The minimum absolute atomic E-state index is 0.102. The quantitative estimate of drug-likeness (QED) is 0.505. The number of nitrogens with one attached hydrogen (secondary N) is 1. The Balaban J connectivity index is 1.79. The fourth-order valence-corrected chi connectivity index (χ4v) is 3.62. The molecule has 3 aromatic rings. The van der Waals surface area contributed by atoms with E-state index < -0.39 is 23.2 Å². The summed E-state index contributed by atoms with van der Waals surface area (Å²) < 4.78 is 44.6. The summed E-state index contributed by atoms with van der Waals surface area (Å²) in [5.41, 5.74) is 2.38. The summed E-state index contributed by atoms with van der Waals surface area (Å²) in [7, 11) is 0. The maximum absolute atomic E-state index is 13.0. The molecular formula is C19H16F3N3O3. The van der Waals surface area contributed by atoms with Crippen molar-refractivity contribution in [2.45, 2.75) is 32.1 Å². The highest BCUT2D eigenvalue weighted by atomic mass is 19.4. The number of carbonyl (C=O) groups is 1. The van der Waals surface area contributed by atoms with Crippen LogP contribution in [0.2, 0.25) is 0 Å². The molecule has 4 rings (SSSR count). The van der Waals surface area contributed by atoms with Gasteiger partial charge in [-0.25, -0.2) is 5.48 Å². The molecule has 0 unspecified atom stereocenters. The molecule has 0 saturated heterocycles. The zero-order valence-electron chi connectivity index (χ0n) is 15.0. The van der Waals surface area contributed by atoms with Crippen molar-refractivity contribution in [2.75, 3.05) is 4.90 Å². The highest BCUT2D eigenvalue weighted by molar-refractivity contribution is 5.95. The van der Waals surface area contributed by atoms with E-state index in [-0.39, 0.29) is 23.7 Å². The molecule has 0 radical (unpaired) electrons. The first-order valence-electron chi connectivity index (χ1n) is 8.45. The number of alkyl halides is 3. The van der Waals surface area contributed by atoms with Crippen LogP contribution in [-0.4, -0.2) is 16.1 Å². The SMILES string of the molecule is CC1(C)c2cccc(C(=O)NO)c2CN1c1nc2cc(C(F)(F)F)ccc2o1. The van der Waals surface area contributed by atoms with Crippen LogP contribution in [0.25, 0.3) is 11.1 Å². The van der Waals surface area contributed by atoms with Crippen molar-refractivity contribution in [1.82, 2.24) is 10.5 Å². The van der Waals surface area contributed by atoms with Crippen LogP contribution in [0.3, 0.4) is 0 Å². The molecule has 6 nitrogen and oxygen atoms in total. The van der Waals surface area contributed by atoms with Gasteiger partial charge in [-0.3, -0.25) is 10.0 Å². The zero-order chi connectivity index (χ0) is 20.3. The number of oxazole rings is 1. The summed E-state index contributed by atoms with van der Waals surface area (Å²) in [6, 6.07) is 8.45. The van der Waals surface area contributed by atoms with Gasteiger partial charge in [0.25, 0.3) is 11.9 Å². The molecule has 2 N–H and O–H groups in total. The molecule has 1 amide bonds. The van der Waals surface area contributed by atoms with Crippen LogP contribution < -0.4 is 10.4 Å². The topological polar surface area (TPSA) is 78.6 Å². The Hall–Kier alpha value is -3.07. The Morgan fingerprint density at radius 2 is 2.04 bits per heavy atom. The van der Waals surface area contributed by atoms with Gasteiger partial charge in [-0.2, -0.15) is 18.2 Å². The lowest BCUT2D eigenvalue weighted by atomic mass is 9.91. The lowest BCUT2D eigenvalue weighted by Gasteiger charge is -2.30. The number of nitrogens with zero attached hydrogens (tertiary/aromatic N) is 2. The van der Waals surface area contributed by atoms with E-state index in [0.29, 0.717) is 11.1 Å². The van der Waals surface area contributed by atoms with E-state index in [4.69, 9.17) is 9.62 Å². The van der Waals surface area contributed by atoms with Crippen LogP contribution in [0.15, 0.2) is 40.8 Å². The van der Waals surface area contributed by atoms with Gasteiger partial charge in [0.05, 0.1) is 11.1 Å². The lowest BCUT2D eigenvalue weighted by molar-refractivity contribution is -0.137. The van der Waals surface area contributed by atoms with E-state index in [2.05, 4.69) is 4.98 Å². The molecule has 1 aliphatic rings. The Morgan fingerprint density at radius 1 is 1.29 bits per heavy atom. The maximum atomic E-state index is 13.0. The minimum atomic E-state index is -4.47. The number of rotatable bonds is 2.